The Morgan fingerprint density at radius 2 is 1.84 bits per heavy atom. The van der Waals surface area contributed by atoms with Crippen molar-refractivity contribution in [2.45, 2.75) is 58.0 Å². The molecule has 1 aliphatic heterocycles. The van der Waals surface area contributed by atoms with Crippen LogP contribution in [-0.2, 0) is 6.42 Å². The van der Waals surface area contributed by atoms with Gasteiger partial charge in [0.1, 0.15) is 5.75 Å². The number of rotatable bonds is 11. The van der Waals surface area contributed by atoms with Crippen molar-refractivity contribution in [3.05, 3.63) is 29.3 Å². The number of β-amino-alcohol motifs (C(OH)–C–C–N with tert-alkyl or cyclic N) is 1. The van der Waals surface area contributed by atoms with Gasteiger partial charge in [0.15, 0.2) is 0 Å². The topological polar surface area (TPSA) is 44.7 Å². The van der Waals surface area contributed by atoms with Gasteiger partial charge in [0.2, 0.25) is 0 Å². The van der Waals surface area contributed by atoms with Gasteiger partial charge in [0.05, 0.1) is 13.2 Å². The zero-order valence-electron chi connectivity index (χ0n) is 16.1. The van der Waals surface area contributed by atoms with E-state index in [1.54, 1.807) is 7.11 Å². The molecule has 1 aliphatic rings. The van der Waals surface area contributed by atoms with Crippen LogP contribution in [0, 0.1) is 0 Å². The highest BCUT2D eigenvalue weighted by Gasteiger charge is 2.19. The van der Waals surface area contributed by atoms with Crippen LogP contribution in [0.4, 0.5) is 0 Å². The summed E-state index contributed by atoms with van der Waals surface area (Å²) < 4.78 is 5.49. The maximum Gasteiger partial charge on any atom is 0.124 e. The third-order valence-electron chi connectivity index (χ3n) is 5.11. The molecule has 0 aliphatic carbocycles. The summed E-state index contributed by atoms with van der Waals surface area (Å²) in [7, 11) is 1.68. The lowest BCUT2D eigenvalue weighted by atomic mass is 9.99. The number of hydrogen-bond donors (Lipinski definition) is 2. The molecule has 1 atom stereocenters. The number of aryl methyl sites for hydroxylation is 1. The number of nitrogens with one attached hydrogen (secondary N) is 1. The van der Waals surface area contributed by atoms with Crippen molar-refractivity contribution in [3.8, 4) is 5.75 Å². The molecule has 1 aromatic rings. The molecule has 0 saturated carbocycles. The SMILES string of the molecule is CCCCCCCCc1ccc(OC)c(C(O)CN2CCNCC2)c1. The first-order valence-corrected chi connectivity index (χ1v) is 10.0. The van der Waals surface area contributed by atoms with E-state index in [1.807, 2.05) is 6.07 Å². The van der Waals surface area contributed by atoms with Crippen molar-refractivity contribution >= 4 is 0 Å². The van der Waals surface area contributed by atoms with Gasteiger partial charge in [-0.2, -0.15) is 0 Å². The molecule has 0 spiro atoms. The molecule has 0 radical (unpaired) electrons. The second-order valence-electron chi connectivity index (χ2n) is 7.16. The summed E-state index contributed by atoms with van der Waals surface area (Å²) in [5, 5.41) is 14.1. The van der Waals surface area contributed by atoms with Crippen LogP contribution in [0.15, 0.2) is 18.2 Å². The quantitative estimate of drug-likeness (QED) is 0.601. The minimum absolute atomic E-state index is 0.488. The molecule has 0 amide bonds. The summed E-state index contributed by atoms with van der Waals surface area (Å²) >= 11 is 0. The fourth-order valence-corrected chi connectivity index (χ4v) is 3.55. The molecular weight excluding hydrogens is 312 g/mol. The van der Waals surface area contributed by atoms with Gasteiger partial charge in [-0.25, -0.2) is 0 Å². The number of hydrogen-bond acceptors (Lipinski definition) is 4. The van der Waals surface area contributed by atoms with Crippen LogP contribution in [0.1, 0.15) is 62.7 Å². The number of aliphatic hydroxyl groups excluding tert-OH is 1. The first-order chi connectivity index (χ1) is 12.2. The third kappa shape index (κ3) is 6.96. The fourth-order valence-electron chi connectivity index (χ4n) is 3.55. The average molecular weight is 349 g/mol. The zero-order chi connectivity index (χ0) is 17.9. The molecule has 2 N–H and O–H groups in total. The molecule has 4 heteroatoms. The van der Waals surface area contributed by atoms with Crippen LogP contribution < -0.4 is 10.1 Å². The summed E-state index contributed by atoms with van der Waals surface area (Å²) in [6.45, 7) is 6.93. The van der Waals surface area contributed by atoms with E-state index in [0.29, 0.717) is 6.54 Å². The van der Waals surface area contributed by atoms with Crippen LogP contribution in [-0.4, -0.2) is 49.8 Å². The number of ether oxygens (including phenoxy) is 1. The largest absolute Gasteiger partial charge is 0.496 e. The molecule has 0 aromatic heterocycles. The average Bonchev–Trinajstić information content (AvgIpc) is 2.65. The molecule has 4 nitrogen and oxygen atoms in total. The van der Waals surface area contributed by atoms with Crippen molar-refractivity contribution in [3.63, 3.8) is 0 Å². The van der Waals surface area contributed by atoms with Gasteiger partial charge in [-0.1, -0.05) is 45.1 Å². The summed E-state index contributed by atoms with van der Waals surface area (Å²) in [4.78, 5) is 2.32. The van der Waals surface area contributed by atoms with Crippen LogP contribution in [0.2, 0.25) is 0 Å². The van der Waals surface area contributed by atoms with Gasteiger partial charge in [-0.15, -0.1) is 0 Å². The third-order valence-corrected chi connectivity index (χ3v) is 5.11. The van der Waals surface area contributed by atoms with E-state index >= 15 is 0 Å². The number of methoxy groups -OCH3 is 1. The van der Waals surface area contributed by atoms with Gasteiger partial charge < -0.3 is 15.2 Å². The molecule has 25 heavy (non-hydrogen) atoms. The Hall–Kier alpha value is -1.10. The standard InChI is InChI=1S/C21H36N2O2/c1-3-4-5-6-7-8-9-18-10-11-21(25-2)19(16-18)20(24)17-23-14-12-22-13-15-23/h10-11,16,20,22,24H,3-9,12-15,17H2,1-2H3. The highest BCUT2D eigenvalue weighted by molar-refractivity contribution is 5.39. The van der Waals surface area contributed by atoms with E-state index in [1.165, 1.54) is 44.1 Å². The smallest absolute Gasteiger partial charge is 0.124 e. The van der Waals surface area contributed by atoms with Crippen molar-refractivity contribution in [1.29, 1.82) is 0 Å². The summed E-state index contributed by atoms with van der Waals surface area (Å²) in [6.07, 6.45) is 8.46. The Morgan fingerprint density at radius 3 is 2.56 bits per heavy atom. The van der Waals surface area contributed by atoms with Crippen molar-refractivity contribution in [2.24, 2.45) is 0 Å². The molecule has 0 bridgehead atoms. The molecule has 1 unspecified atom stereocenters. The molecule has 1 aromatic carbocycles. The number of nitrogens with zero attached hydrogens (tertiary/aromatic N) is 1. The van der Waals surface area contributed by atoms with E-state index in [2.05, 4.69) is 29.3 Å². The normalized spacial score (nSPS) is 16.8. The van der Waals surface area contributed by atoms with E-state index in [0.717, 1.165) is 43.9 Å². The molecular formula is C21H36N2O2. The molecule has 2 rings (SSSR count). The van der Waals surface area contributed by atoms with Crippen LogP contribution in [0.3, 0.4) is 0 Å². The Labute approximate surface area is 153 Å². The summed E-state index contributed by atoms with van der Waals surface area (Å²) in [5.41, 5.74) is 2.25. The van der Waals surface area contributed by atoms with Gasteiger partial charge in [0.25, 0.3) is 0 Å². The van der Waals surface area contributed by atoms with Crippen LogP contribution in [0.5, 0.6) is 5.75 Å². The summed E-state index contributed by atoms with van der Waals surface area (Å²) in [6, 6.07) is 6.31. The van der Waals surface area contributed by atoms with Crippen molar-refractivity contribution in [1.82, 2.24) is 10.2 Å². The predicted octanol–water partition coefficient (Wildman–Crippen LogP) is 3.54. The number of benzene rings is 1. The highest BCUT2D eigenvalue weighted by atomic mass is 16.5. The molecule has 1 heterocycles. The second-order valence-corrected chi connectivity index (χ2v) is 7.16. The van der Waals surface area contributed by atoms with Crippen LogP contribution >= 0.6 is 0 Å². The van der Waals surface area contributed by atoms with Gasteiger partial charge in [-0.3, -0.25) is 4.90 Å². The Bertz CT molecular complexity index is 487. The molecule has 1 saturated heterocycles. The van der Waals surface area contributed by atoms with Crippen molar-refractivity contribution in [2.75, 3.05) is 39.8 Å². The minimum atomic E-state index is -0.488. The lowest BCUT2D eigenvalue weighted by Gasteiger charge is -2.29. The Balaban J connectivity index is 1.89. The minimum Gasteiger partial charge on any atom is -0.496 e. The monoisotopic (exact) mass is 348 g/mol. The number of unbranched alkanes of at least 4 members (excludes halogenated alkanes) is 5. The maximum atomic E-state index is 10.7. The highest BCUT2D eigenvalue weighted by Crippen LogP contribution is 2.28. The molecule has 142 valence electrons. The first-order valence-electron chi connectivity index (χ1n) is 10.0. The second kappa shape index (κ2) is 11.5. The van der Waals surface area contributed by atoms with Gasteiger partial charge in [0, 0.05) is 38.3 Å². The molecule has 1 fully saturated rings. The Kier molecular flexibility index (Phi) is 9.30. The predicted molar refractivity (Wildman–Crippen MR) is 104 cm³/mol. The summed E-state index contributed by atoms with van der Waals surface area (Å²) in [5.74, 6) is 0.800. The Morgan fingerprint density at radius 1 is 1.12 bits per heavy atom. The van der Waals surface area contributed by atoms with Gasteiger partial charge in [-0.05, 0) is 30.5 Å². The number of piperazine rings is 1. The van der Waals surface area contributed by atoms with E-state index < -0.39 is 6.10 Å². The maximum absolute atomic E-state index is 10.7. The van der Waals surface area contributed by atoms with Crippen molar-refractivity contribution < 1.29 is 9.84 Å². The van der Waals surface area contributed by atoms with Gasteiger partial charge >= 0.3 is 0 Å². The zero-order valence-corrected chi connectivity index (χ0v) is 16.1. The fraction of sp³-hybridized carbons (Fsp3) is 0.714. The van der Waals surface area contributed by atoms with Crippen LogP contribution in [0.25, 0.3) is 0 Å². The van der Waals surface area contributed by atoms with E-state index in [-0.39, 0.29) is 0 Å². The lowest BCUT2D eigenvalue weighted by molar-refractivity contribution is 0.103. The van der Waals surface area contributed by atoms with E-state index in [9.17, 15) is 5.11 Å². The number of aliphatic hydroxyl groups is 1. The first kappa shape index (κ1) is 20.2. The van der Waals surface area contributed by atoms with E-state index in [4.69, 9.17) is 4.74 Å². The lowest BCUT2D eigenvalue weighted by Crippen LogP contribution is -2.45.